The molecule has 1 unspecified atom stereocenters. The number of primary sulfonamides is 1. The summed E-state index contributed by atoms with van der Waals surface area (Å²) in [5.74, 6) is -1.84. The minimum atomic E-state index is -3.61. The number of ether oxygens (including phenoxy) is 1. The van der Waals surface area contributed by atoms with Gasteiger partial charge in [-0.15, -0.1) is 0 Å². The number of carbonyl (C=O) groups excluding carboxylic acids is 2. The number of sulfonamides is 1. The largest absolute Gasteiger partial charge is 0.464 e. The minimum Gasteiger partial charge on any atom is -0.464 e. The normalized spacial score (nSPS) is 12.5. The van der Waals surface area contributed by atoms with Crippen molar-refractivity contribution in [3.63, 3.8) is 0 Å². The van der Waals surface area contributed by atoms with Crippen LogP contribution in [-0.4, -0.2) is 32.9 Å². The van der Waals surface area contributed by atoms with Crippen molar-refractivity contribution in [2.45, 2.75) is 18.7 Å². The lowest BCUT2D eigenvalue weighted by Gasteiger charge is -2.11. The second-order valence-corrected chi connectivity index (χ2v) is 5.84. The zero-order chi connectivity index (χ0) is 16.0. The van der Waals surface area contributed by atoms with Crippen LogP contribution < -0.4 is 16.2 Å². The molecule has 9 heteroatoms. The topological polar surface area (TPSA) is 142 Å². The van der Waals surface area contributed by atoms with Crippen LogP contribution in [0.4, 0.5) is 5.69 Å². The Labute approximate surface area is 122 Å². The lowest BCUT2D eigenvalue weighted by atomic mass is 10.2. The molecule has 0 saturated heterocycles. The van der Waals surface area contributed by atoms with Crippen LogP contribution in [0.3, 0.4) is 0 Å². The van der Waals surface area contributed by atoms with E-state index in [1.54, 1.807) is 6.92 Å². The molecule has 0 bridgehead atoms. The molecule has 0 aliphatic heterocycles. The van der Waals surface area contributed by atoms with E-state index in [4.69, 9.17) is 10.9 Å². The van der Waals surface area contributed by atoms with Gasteiger partial charge < -0.3 is 15.8 Å². The summed E-state index contributed by atoms with van der Waals surface area (Å²) in [7, 11) is -3.61. The summed E-state index contributed by atoms with van der Waals surface area (Å²) in [4.78, 5) is 23.0. The molecule has 1 rings (SSSR count). The average Bonchev–Trinajstić information content (AvgIpc) is 2.38. The van der Waals surface area contributed by atoms with Crippen LogP contribution >= 0.6 is 0 Å². The minimum absolute atomic E-state index is 0.127. The fourth-order valence-electron chi connectivity index (χ4n) is 1.48. The van der Waals surface area contributed by atoms with E-state index in [1.807, 2.05) is 0 Å². The van der Waals surface area contributed by atoms with E-state index in [-0.39, 0.29) is 12.4 Å². The highest BCUT2D eigenvalue weighted by atomic mass is 32.2. The summed E-state index contributed by atoms with van der Waals surface area (Å²) in [5.41, 5.74) is 6.28. The van der Waals surface area contributed by atoms with Crippen LogP contribution in [-0.2, 0) is 30.1 Å². The number of esters is 1. The lowest BCUT2D eigenvalue weighted by molar-refractivity contribution is -0.146. The lowest BCUT2D eigenvalue weighted by Crippen LogP contribution is -2.43. The molecule has 0 aliphatic carbocycles. The Hall–Kier alpha value is -1.97. The highest BCUT2D eigenvalue weighted by molar-refractivity contribution is 7.88. The molecule has 21 heavy (non-hydrogen) atoms. The van der Waals surface area contributed by atoms with E-state index in [9.17, 15) is 18.0 Å². The molecule has 0 spiro atoms. The van der Waals surface area contributed by atoms with Gasteiger partial charge in [0, 0.05) is 5.69 Å². The molecule has 0 saturated carbocycles. The van der Waals surface area contributed by atoms with Gasteiger partial charge in [-0.05, 0) is 24.6 Å². The summed E-state index contributed by atoms with van der Waals surface area (Å²) in [6, 6.07) is 4.53. The summed E-state index contributed by atoms with van der Waals surface area (Å²) in [5, 5.41) is 7.35. The molecular weight excluding hydrogens is 298 g/mol. The maximum Gasteiger partial charge on any atom is 0.332 e. The number of hydrogen-bond acceptors (Lipinski definition) is 6. The van der Waals surface area contributed by atoms with Crippen molar-refractivity contribution in [2.75, 3.05) is 11.9 Å². The van der Waals surface area contributed by atoms with Gasteiger partial charge in [-0.3, -0.25) is 4.79 Å². The molecule has 5 N–H and O–H groups in total. The second-order valence-electron chi connectivity index (χ2n) is 4.22. The molecule has 0 fully saturated rings. The predicted octanol–water partition coefficient (Wildman–Crippen LogP) is -0.696. The number of benzene rings is 1. The zero-order valence-corrected chi connectivity index (χ0v) is 12.2. The number of nitrogens with one attached hydrogen (secondary N) is 1. The van der Waals surface area contributed by atoms with Gasteiger partial charge in [0.1, 0.15) is 0 Å². The second kappa shape index (κ2) is 7.16. The quantitative estimate of drug-likeness (QED) is 0.468. The van der Waals surface area contributed by atoms with Crippen LogP contribution in [0.5, 0.6) is 0 Å². The standard InChI is InChI=1S/C12H17N3O5S/c1-2-20-12(17)10(13)11(16)15-9-5-3-8(4-6-9)7-21(14,18)19/h3-6,10H,2,7,13H2,1H3,(H,15,16)(H2,14,18,19). The van der Waals surface area contributed by atoms with E-state index >= 15 is 0 Å². The maximum absolute atomic E-state index is 11.7. The molecular formula is C12H17N3O5S. The molecule has 1 atom stereocenters. The molecule has 1 aromatic rings. The third kappa shape index (κ3) is 5.90. The maximum atomic E-state index is 11.7. The van der Waals surface area contributed by atoms with Crippen LogP contribution in [0, 0.1) is 0 Å². The fraction of sp³-hybridized carbons (Fsp3) is 0.333. The Kier molecular flexibility index (Phi) is 5.82. The molecule has 1 amide bonds. The first-order valence-corrected chi connectivity index (χ1v) is 7.77. The third-order valence-corrected chi connectivity index (χ3v) is 3.15. The number of hydrogen-bond donors (Lipinski definition) is 3. The number of carbonyl (C=O) groups is 2. The first-order chi connectivity index (χ1) is 9.73. The van der Waals surface area contributed by atoms with E-state index in [2.05, 4.69) is 10.1 Å². The van der Waals surface area contributed by atoms with Gasteiger partial charge in [-0.1, -0.05) is 12.1 Å². The highest BCUT2D eigenvalue weighted by Gasteiger charge is 2.23. The molecule has 8 nitrogen and oxygen atoms in total. The van der Waals surface area contributed by atoms with Crippen molar-refractivity contribution in [1.29, 1.82) is 0 Å². The zero-order valence-electron chi connectivity index (χ0n) is 11.4. The summed E-state index contributed by atoms with van der Waals surface area (Å²) >= 11 is 0. The fourth-order valence-corrected chi connectivity index (χ4v) is 2.13. The Morgan fingerprint density at radius 1 is 1.29 bits per heavy atom. The van der Waals surface area contributed by atoms with Crippen LogP contribution in [0.25, 0.3) is 0 Å². The number of anilines is 1. The number of rotatable bonds is 6. The Balaban J connectivity index is 2.67. The van der Waals surface area contributed by atoms with Gasteiger partial charge in [0.05, 0.1) is 12.4 Å². The van der Waals surface area contributed by atoms with E-state index in [0.717, 1.165) is 0 Å². The van der Waals surface area contributed by atoms with Gasteiger partial charge in [-0.25, -0.2) is 18.4 Å². The molecule has 116 valence electrons. The van der Waals surface area contributed by atoms with Gasteiger partial charge in [-0.2, -0.15) is 0 Å². The first-order valence-electron chi connectivity index (χ1n) is 6.05. The molecule has 1 aromatic carbocycles. The van der Waals surface area contributed by atoms with E-state index in [0.29, 0.717) is 11.3 Å². The average molecular weight is 315 g/mol. The molecule has 0 heterocycles. The summed E-state index contributed by atoms with van der Waals surface area (Å²) in [6.45, 7) is 1.73. The first kappa shape index (κ1) is 17.1. The SMILES string of the molecule is CCOC(=O)C(N)C(=O)Nc1ccc(CS(N)(=O)=O)cc1. The van der Waals surface area contributed by atoms with E-state index < -0.39 is 27.9 Å². The monoisotopic (exact) mass is 315 g/mol. The van der Waals surface area contributed by atoms with Gasteiger partial charge >= 0.3 is 5.97 Å². The summed E-state index contributed by atoms with van der Waals surface area (Å²) < 4.78 is 26.5. The Bertz CT molecular complexity index is 612. The van der Waals surface area contributed by atoms with Gasteiger partial charge in [0.25, 0.3) is 5.91 Å². The smallest absolute Gasteiger partial charge is 0.332 e. The number of amides is 1. The predicted molar refractivity (Wildman–Crippen MR) is 76.5 cm³/mol. The van der Waals surface area contributed by atoms with Gasteiger partial charge in [0.2, 0.25) is 10.0 Å². The molecule has 0 aromatic heterocycles. The van der Waals surface area contributed by atoms with Crippen molar-refractivity contribution in [3.8, 4) is 0 Å². The van der Waals surface area contributed by atoms with Gasteiger partial charge in [0.15, 0.2) is 6.04 Å². The summed E-state index contributed by atoms with van der Waals surface area (Å²) in [6.07, 6.45) is 0. The molecule has 0 radical (unpaired) electrons. The Morgan fingerprint density at radius 3 is 2.33 bits per heavy atom. The highest BCUT2D eigenvalue weighted by Crippen LogP contribution is 2.11. The molecule has 0 aliphatic rings. The van der Waals surface area contributed by atoms with Crippen molar-refractivity contribution < 1.29 is 22.7 Å². The van der Waals surface area contributed by atoms with Crippen molar-refractivity contribution >= 4 is 27.6 Å². The third-order valence-electron chi connectivity index (χ3n) is 2.41. The van der Waals surface area contributed by atoms with Crippen molar-refractivity contribution in [3.05, 3.63) is 29.8 Å². The van der Waals surface area contributed by atoms with Crippen LogP contribution in [0.15, 0.2) is 24.3 Å². The Morgan fingerprint density at radius 2 is 1.86 bits per heavy atom. The van der Waals surface area contributed by atoms with Crippen LogP contribution in [0.2, 0.25) is 0 Å². The van der Waals surface area contributed by atoms with Crippen molar-refractivity contribution in [2.24, 2.45) is 10.9 Å². The van der Waals surface area contributed by atoms with Crippen LogP contribution in [0.1, 0.15) is 12.5 Å². The number of nitrogens with two attached hydrogens (primary N) is 2. The van der Waals surface area contributed by atoms with E-state index in [1.165, 1.54) is 24.3 Å². The van der Waals surface area contributed by atoms with Crippen molar-refractivity contribution in [1.82, 2.24) is 0 Å².